The van der Waals surface area contributed by atoms with Crippen molar-refractivity contribution in [3.63, 3.8) is 0 Å². The molecule has 3 rings (SSSR count). The Morgan fingerprint density at radius 1 is 1.18 bits per heavy atom. The third-order valence-electron chi connectivity index (χ3n) is 4.18. The number of hydrogen-bond donors (Lipinski definition) is 2. The summed E-state index contributed by atoms with van der Waals surface area (Å²) in [6.45, 7) is 2.88. The Balaban J connectivity index is 1.91. The van der Waals surface area contributed by atoms with E-state index in [0.717, 1.165) is 10.9 Å². The van der Waals surface area contributed by atoms with Crippen LogP contribution < -0.4 is 15.7 Å². The molecule has 7 nitrogen and oxygen atoms in total. The molecule has 1 amide bonds. The van der Waals surface area contributed by atoms with Gasteiger partial charge in [-0.25, -0.2) is 4.79 Å². The van der Waals surface area contributed by atoms with Crippen molar-refractivity contribution in [2.45, 2.75) is 19.9 Å². The standard InChI is InChI=1S/C21H19NO6/c1-12-7-8-17(27-11-19(23)22-13(2)20(24)25)16(9-12)18-10-14-5-3-4-6-15(14)21(26)28-18/h3-10,13H,11H2,1-2H3,(H,22,23)(H,24,25)/t13-/m0/s1. The van der Waals surface area contributed by atoms with Gasteiger partial charge in [-0.05, 0) is 43.5 Å². The van der Waals surface area contributed by atoms with E-state index in [2.05, 4.69) is 5.32 Å². The number of aryl methyl sites for hydroxylation is 1. The summed E-state index contributed by atoms with van der Waals surface area (Å²) in [7, 11) is 0. The Morgan fingerprint density at radius 2 is 1.93 bits per heavy atom. The molecule has 0 aliphatic heterocycles. The predicted molar refractivity (Wildman–Crippen MR) is 103 cm³/mol. The van der Waals surface area contributed by atoms with Crippen molar-refractivity contribution in [3.05, 3.63) is 64.5 Å². The van der Waals surface area contributed by atoms with Gasteiger partial charge in [0.25, 0.3) is 5.91 Å². The first-order valence-corrected chi connectivity index (χ1v) is 8.64. The van der Waals surface area contributed by atoms with Crippen LogP contribution in [0.3, 0.4) is 0 Å². The molecule has 1 heterocycles. The Bertz CT molecular complexity index is 1100. The van der Waals surface area contributed by atoms with Gasteiger partial charge in [0.2, 0.25) is 0 Å². The van der Waals surface area contributed by atoms with E-state index in [1.165, 1.54) is 6.92 Å². The van der Waals surface area contributed by atoms with Crippen LogP contribution in [0.2, 0.25) is 0 Å². The highest BCUT2D eigenvalue weighted by Crippen LogP contribution is 2.32. The largest absolute Gasteiger partial charge is 0.483 e. The summed E-state index contributed by atoms with van der Waals surface area (Å²) in [5.41, 5.74) is 0.984. The fourth-order valence-corrected chi connectivity index (χ4v) is 2.72. The summed E-state index contributed by atoms with van der Waals surface area (Å²) < 4.78 is 11.0. The lowest BCUT2D eigenvalue weighted by molar-refractivity contribution is -0.141. The van der Waals surface area contributed by atoms with Gasteiger partial charge in [0.1, 0.15) is 17.6 Å². The first kappa shape index (κ1) is 19.2. The van der Waals surface area contributed by atoms with E-state index in [-0.39, 0.29) is 6.61 Å². The first-order valence-electron chi connectivity index (χ1n) is 8.64. The molecule has 0 spiro atoms. The van der Waals surface area contributed by atoms with E-state index in [4.69, 9.17) is 14.3 Å². The van der Waals surface area contributed by atoms with E-state index < -0.39 is 23.5 Å². The normalized spacial score (nSPS) is 11.8. The van der Waals surface area contributed by atoms with Gasteiger partial charge in [0.15, 0.2) is 6.61 Å². The Kier molecular flexibility index (Phi) is 5.44. The number of carboxylic acids is 1. The van der Waals surface area contributed by atoms with E-state index in [9.17, 15) is 14.4 Å². The highest BCUT2D eigenvalue weighted by Gasteiger charge is 2.16. The van der Waals surface area contributed by atoms with Crippen molar-refractivity contribution in [2.24, 2.45) is 0 Å². The minimum Gasteiger partial charge on any atom is -0.483 e. The highest BCUT2D eigenvalue weighted by atomic mass is 16.5. The molecule has 0 aliphatic carbocycles. The SMILES string of the molecule is Cc1ccc(OCC(=O)N[C@@H](C)C(=O)O)c(-c2cc3ccccc3c(=O)o2)c1. The molecule has 0 fully saturated rings. The minimum absolute atomic E-state index is 0.321. The maximum Gasteiger partial charge on any atom is 0.344 e. The number of nitrogens with one attached hydrogen (secondary N) is 1. The van der Waals surface area contributed by atoms with Gasteiger partial charge in [0, 0.05) is 0 Å². The minimum atomic E-state index is -1.14. The van der Waals surface area contributed by atoms with Crippen LogP contribution in [0.1, 0.15) is 12.5 Å². The molecule has 7 heteroatoms. The van der Waals surface area contributed by atoms with Crippen LogP contribution in [0, 0.1) is 6.92 Å². The molecule has 1 aromatic heterocycles. The molecule has 0 bridgehead atoms. The molecule has 0 aliphatic rings. The number of fused-ring (bicyclic) bond motifs is 1. The molecular weight excluding hydrogens is 362 g/mol. The zero-order valence-corrected chi connectivity index (χ0v) is 15.4. The van der Waals surface area contributed by atoms with Gasteiger partial charge in [-0.2, -0.15) is 0 Å². The second-order valence-corrected chi connectivity index (χ2v) is 6.40. The molecule has 0 saturated heterocycles. The fraction of sp³-hybridized carbons (Fsp3) is 0.190. The average molecular weight is 381 g/mol. The molecular formula is C21H19NO6. The first-order chi connectivity index (χ1) is 13.3. The third-order valence-corrected chi connectivity index (χ3v) is 4.18. The van der Waals surface area contributed by atoms with Gasteiger partial charge in [-0.3, -0.25) is 9.59 Å². The molecule has 28 heavy (non-hydrogen) atoms. The number of carbonyl (C=O) groups excluding carboxylic acids is 1. The Morgan fingerprint density at radius 3 is 2.68 bits per heavy atom. The summed E-state index contributed by atoms with van der Waals surface area (Å²) in [6, 6.07) is 13.1. The van der Waals surface area contributed by atoms with Gasteiger partial charge in [-0.15, -0.1) is 0 Å². The lowest BCUT2D eigenvalue weighted by Crippen LogP contribution is -2.40. The van der Waals surface area contributed by atoms with Crippen LogP contribution in [0.4, 0.5) is 0 Å². The summed E-state index contributed by atoms with van der Waals surface area (Å²) in [4.78, 5) is 35.0. The Labute approximate surface area is 160 Å². The van der Waals surface area contributed by atoms with E-state index in [1.807, 2.05) is 19.1 Å². The van der Waals surface area contributed by atoms with Crippen LogP contribution in [-0.2, 0) is 9.59 Å². The van der Waals surface area contributed by atoms with Crippen molar-refractivity contribution >= 4 is 22.6 Å². The molecule has 1 atom stereocenters. The van der Waals surface area contributed by atoms with Gasteiger partial charge in [-0.1, -0.05) is 29.8 Å². The summed E-state index contributed by atoms with van der Waals surface area (Å²) in [6.07, 6.45) is 0. The number of benzene rings is 2. The van der Waals surface area contributed by atoms with Crippen molar-refractivity contribution in [3.8, 4) is 17.1 Å². The zero-order valence-electron chi connectivity index (χ0n) is 15.4. The maximum atomic E-state index is 12.3. The second-order valence-electron chi connectivity index (χ2n) is 6.40. The summed E-state index contributed by atoms with van der Waals surface area (Å²) in [5, 5.41) is 12.4. The molecule has 0 radical (unpaired) electrons. The fourth-order valence-electron chi connectivity index (χ4n) is 2.72. The second kappa shape index (κ2) is 7.96. The third kappa shape index (κ3) is 4.20. The molecule has 2 N–H and O–H groups in total. The summed E-state index contributed by atoms with van der Waals surface area (Å²) >= 11 is 0. The number of carboxylic acid groups (broad SMARTS) is 1. The van der Waals surface area contributed by atoms with Gasteiger partial charge in [0.05, 0.1) is 10.9 Å². The van der Waals surface area contributed by atoms with Crippen LogP contribution in [0.25, 0.3) is 22.1 Å². The smallest absolute Gasteiger partial charge is 0.344 e. The Hall–Kier alpha value is -3.61. The lowest BCUT2D eigenvalue weighted by atomic mass is 10.1. The summed E-state index contributed by atoms with van der Waals surface area (Å²) in [5.74, 6) is -1.03. The van der Waals surface area contributed by atoms with Crippen LogP contribution in [0.15, 0.2) is 57.7 Å². The number of amides is 1. The van der Waals surface area contributed by atoms with Crippen LogP contribution >= 0.6 is 0 Å². The molecule has 0 saturated carbocycles. The topological polar surface area (TPSA) is 106 Å². The molecule has 144 valence electrons. The van der Waals surface area contributed by atoms with Gasteiger partial charge < -0.3 is 19.6 Å². The number of carbonyl (C=O) groups is 2. The quantitative estimate of drug-likeness (QED) is 0.680. The lowest BCUT2D eigenvalue weighted by Gasteiger charge is -2.13. The van der Waals surface area contributed by atoms with E-state index >= 15 is 0 Å². The van der Waals surface area contributed by atoms with E-state index in [0.29, 0.717) is 22.5 Å². The van der Waals surface area contributed by atoms with Crippen molar-refractivity contribution < 1.29 is 23.8 Å². The van der Waals surface area contributed by atoms with Crippen LogP contribution in [0.5, 0.6) is 5.75 Å². The van der Waals surface area contributed by atoms with Crippen LogP contribution in [-0.4, -0.2) is 29.6 Å². The van der Waals surface area contributed by atoms with Crippen molar-refractivity contribution in [1.82, 2.24) is 5.32 Å². The number of ether oxygens (including phenoxy) is 1. The van der Waals surface area contributed by atoms with Gasteiger partial charge >= 0.3 is 11.6 Å². The van der Waals surface area contributed by atoms with Crippen molar-refractivity contribution in [1.29, 1.82) is 0 Å². The number of aliphatic carboxylic acids is 1. The monoisotopic (exact) mass is 381 g/mol. The highest BCUT2D eigenvalue weighted by molar-refractivity contribution is 5.86. The van der Waals surface area contributed by atoms with E-state index in [1.54, 1.807) is 36.4 Å². The molecule has 3 aromatic rings. The van der Waals surface area contributed by atoms with Crippen molar-refractivity contribution in [2.75, 3.05) is 6.61 Å². The average Bonchev–Trinajstić information content (AvgIpc) is 2.66. The maximum absolute atomic E-state index is 12.3. The zero-order chi connectivity index (χ0) is 20.3. The molecule has 0 unspecified atom stereocenters. The predicted octanol–water partition coefficient (Wildman–Crippen LogP) is 2.74. The number of hydrogen-bond acceptors (Lipinski definition) is 5. The number of rotatable bonds is 6. The molecule has 2 aromatic carbocycles.